The van der Waals surface area contributed by atoms with Gasteiger partial charge < -0.3 is 14.8 Å². The zero-order chi connectivity index (χ0) is 18.6. The van der Waals surface area contributed by atoms with E-state index in [-0.39, 0.29) is 17.6 Å². The van der Waals surface area contributed by atoms with Gasteiger partial charge in [-0.15, -0.1) is 0 Å². The SMILES string of the molecule is CCCCCCOc1ccc(/C=C(\C#N)C(=O)NC[C@@H]2CCCO2)cc1. The van der Waals surface area contributed by atoms with Crippen molar-refractivity contribution in [3.8, 4) is 11.8 Å². The third-order valence-corrected chi connectivity index (χ3v) is 4.34. The summed E-state index contributed by atoms with van der Waals surface area (Å²) in [6.07, 6.45) is 8.31. The second kappa shape index (κ2) is 11.3. The minimum absolute atomic E-state index is 0.0626. The van der Waals surface area contributed by atoms with Crippen LogP contribution >= 0.6 is 0 Å². The van der Waals surface area contributed by atoms with E-state index in [1.54, 1.807) is 6.08 Å². The van der Waals surface area contributed by atoms with Crippen molar-refractivity contribution in [1.29, 1.82) is 5.26 Å². The van der Waals surface area contributed by atoms with Crippen LogP contribution < -0.4 is 10.1 Å². The maximum Gasteiger partial charge on any atom is 0.262 e. The number of nitrogens with zero attached hydrogens (tertiary/aromatic N) is 1. The molecule has 1 N–H and O–H groups in total. The maximum atomic E-state index is 12.1. The normalized spacial score (nSPS) is 16.9. The zero-order valence-electron chi connectivity index (χ0n) is 15.5. The molecule has 0 spiro atoms. The molecule has 0 bridgehead atoms. The molecule has 1 saturated heterocycles. The first kappa shape index (κ1) is 20.0. The highest BCUT2D eigenvalue weighted by atomic mass is 16.5. The average molecular weight is 356 g/mol. The molecule has 1 aliphatic rings. The predicted octanol–water partition coefficient (Wildman–Crippen LogP) is 3.85. The van der Waals surface area contributed by atoms with Crippen molar-refractivity contribution in [3.05, 3.63) is 35.4 Å². The van der Waals surface area contributed by atoms with Gasteiger partial charge in [0.25, 0.3) is 5.91 Å². The Morgan fingerprint density at radius 2 is 2.15 bits per heavy atom. The minimum atomic E-state index is -0.362. The first-order valence-corrected chi connectivity index (χ1v) is 9.47. The van der Waals surface area contributed by atoms with Crippen LogP contribution in [-0.2, 0) is 9.53 Å². The fraction of sp³-hybridized carbons (Fsp3) is 0.524. The molecule has 1 aromatic carbocycles. The summed E-state index contributed by atoms with van der Waals surface area (Å²) in [5.41, 5.74) is 0.892. The van der Waals surface area contributed by atoms with E-state index in [1.165, 1.54) is 19.3 Å². The lowest BCUT2D eigenvalue weighted by molar-refractivity contribution is -0.117. The highest BCUT2D eigenvalue weighted by molar-refractivity contribution is 6.01. The summed E-state index contributed by atoms with van der Waals surface area (Å²) in [6.45, 7) is 4.09. The van der Waals surface area contributed by atoms with Gasteiger partial charge in [0, 0.05) is 13.2 Å². The molecule has 2 rings (SSSR count). The Balaban J connectivity index is 1.83. The number of nitrogens with one attached hydrogen (secondary N) is 1. The van der Waals surface area contributed by atoms with E-state index >= 15 is 0 Å². The Kier molecular flexibility index (Phi) is 8.71. The molecule has 1 aliphatic heterocycles. The highest BCUT2D eigenvalue weighted by Crippen LogP contribution is 2.16. The quantitative estimate of drug-likeness (QED) is 0.393. The summed E-state index contributed by atoms with van der Waals surface area (Å²) in [7, 11) is 0. The summed E-state index contributed by atoms with van der Waals surface area (Å²) in [5, 5.41) is 12.0. The first-order chi connectivity index (χ1) is 12.7. The largest absolute Gasteiger partial charge is 0.494 e. The van der Waals surface area contributed by atoms with Gasteiger partial charge in [0.2, 0.25) is 0 Å². The molecule has 26 heavy (non-hydrogen) atoms. The van der Waals surface area contributed by atoms with Gasteiger partial charge in [-0.05, 0) is 43.0 Å². The number of amides is 1. The number of carbonyl (C=O) groups is 1. The second-order valence-corrected chi connectivity index (χ2v) is 6.49. The molecule has 1 atom stereocenters. The number of rotatable bonds is 10. The lowest BCUT2D eigenvalue weighted by atomic mass is 10.1. The van der Waals surface area contributed by atoms with E-state index in [0.717, 1.165) is 37.2 Å². The number of unbranched alkanes of at least 4 members (excludes halogenated alkanes) is 3. The van der Waals surface area contributed by atoms with E-state index in [4.69, 9.17) is 9.47 Å². The van der Waals surface area contributed by atoms with Crippen molar-refractivity contribution in [2.45, 2.75) is 51.6 Å². The van der Waals surface area contributed by atoms with Crippen LogP contribution in [0.5, 0.6) is 5.75 Å². The minimum Gasteiger partial charge on any atom is -0.494 e. The fourth-order valence-corrected chi connectivity index (χ4v) is 2.80. The lowest BCUT2D eigenvalue weighted by Gasteiger charge is -2.10. The van der Waals surface area contributed by atoms with Crippen molar-refractivity contribution in [1.82, 2.24) is 5.32 Å². The summed E-state index contributed by atoms with van der Waals surface area (Å²) in [5.74, 6) is 0.444. The van der Waals surface area contributed by atoms with Gasteiger partial charge in [-0.3, -0.25) is 4.79 Å². The fourth-order valence-electron chi connectivity index (χ4n) is 2.80. The van der Waals surface area contributed by atoms with Crippen LogP contribution in [0.25, 0.3) is 6.08 Å². The summed E-state index contributed by atoms with van der Waals surface area (Å²) >= 11 is 0. The molecule has 0 aromatic heterocycles. The van der Waals surface area contributed by atoms with E-state index in [9.17, 15) is 10.1 Å². The molecule has 5 nitrogen and oxygen atoms in total. The van der Waals surface area contributed by atoms with E-state index in [2.05, 4.69) is 12.2 Å². The smallest absolute Gasteiger partial charge is 0.262 e. The Morgan fingerprint density at radius 3 is 2.81 bits per heavy atom. The number of hydrogen-bond acceptors (Lipinski definition) is 4. The van der Waals surface area contributed by atoms with Crippen molar-refractivity contribution in [3.63, 3.8) is 0 Å². The van der Waals surface area contributed by atoms with Crippen molar-refractivity contribution >= 4 is 12.0 Å². The van der Waals surface area contributed by atoms with E-state index in [0.29, 0.717) is 13.2 Å². The number of ether oxygens (including phenoxy) is 2. The Hall–Kier alpha value is -2.32. The van der Waals surface area contributed by atoms with E-state index < -0.39 is 0 Å². The summed E-state index contributed by atoms with van der Waals surface area (Å²) < 4.78 is 11.2. The van der Waals surface area contributed by atoms with Crippen LogP contribution in [0.4, 0.5) is 0 Å². The summed E-state index contributed by atoms with van der Waals surface area (Å²) in [6, 6.07) is 9.41. The van der Waals surface area contributed by atoms with Gasteiger partial charge in [-0.1, -0.05) is 38.3 Å². The van der Waals surface area contributed by atoms with Gasteiger partial charge in [0.1, 0.15) is 17.4 Å². The predicted molar refractivity (Wildman–Crippen MR) is 102 cm³/mol. The Morgan fingerprint density at radius 1 is 1.35 bits per heavy atom. The number of benzene rings is 1. The maximum absolute atomic E-state index is 12.1. The van der Waals surface area contributed by atoms with Crippen molar-refractivity contribution in [2.24, 2.45) is 0 Å². The molecular weight excluding hydrogens is 328 g/mol. The second-order valence-electron chi connectivity index (χ2n) is 6.49. The molecule has 0 saturated carbocycles. The van der Waals surface area contributed by atoms with Gasteiger partial charge in [0.15, 0.2) is 0 Å². The molecule has 1 aromatic rings. The molecule has 1 heterocycles. The molecule has 1 amide bonds. The zero-order valence-corrected chi connectivity index (χ0v) is 15.5. The van der Waals surface area contributed by atoms with Crippen LogP contribution in [0.2, 0.25) is 0 Å². The molecular formula is C21H28N2O3. The van der Waals surface area contributed by atoms with Crippen LogP contribution in [0.3, 0.4) is 0 Å². The molecule has 0 radical (unpaired) electrons. The van der Waals surface area contributed by atoms with Crippen LogP contribution in [0.15, 0.2) is 29.8 Å². The van der Waals surface area contributed by atoms with Crippen molar-refractivity contribution in [2.75, 3.05) is 19.8 Å². The Bertz CT molecular complexity index is 626. The molecule has 0 aliphatic carbocycles. The van der Waals surface area contributed by atoms with Gasteiger partial charge in [-0.25, -0.2) is 0 Å². The third kappa shape index (κ3) is 6.89. The molecule has 5 heteroatoms. The summed E-state index contributed by atoms with van der Waals surface area (Å²) in [4.78, 5) is 12.1. The average Bonchev–Trinajstić information content (AvgIpc) is 3.18. The number of carbonyl (C=O) groups excluding carboxylic acids is 1. The molecule has 1 fully saturated rings. The monoisotopic (exact) mass is 356 g/mol. The number of nitriles is 1. The van der Waals surface area contributed by atoms with E-state index in [1.807, 2.05) is 30.3 Å². The Labute approximate surface area is 156 Å². The van der Waals surface area contributed by atoms with Crippen LogP contribution in [0.1, 0.15) is 51.0 Å². The topological polar surface area (TPSA) is 71.3 Å². The van der Waals surface area contributed by atoms with Crippen LogP contribution in [-0.4, -0.2) is 31.8 Å². The third-order valence-electron chi connectivity index (χ3n) is 4.34. The van der Waals surface area contributed by atoms with Crippen molar-refractivity contribution < 1.29 is 14.3 Å². The lowest BCUT2D eigenvalue weighted by Crippen LogP contribution is -2.32. The number of hydrogen-bond donors (Lipinski definition) is 1. The molecule has 140 valence electrons. The van der Waals surface area contributed by atoms with Gasteiger partial charge >= 0.3 is 0 Å². The molecule has 0 unspecified atom stereocenters. The standard InChI is InChI=1S/C21H28N2O3/c1-2-3-4-5-12-25-19-10-8-17(9-11-19)14-18(15-22)21(24)23-16-20-7-6-13-26-20/h8-11,14,20H,2-7,12-13,16H2,1H3,(H,23,24)/b18-14+/t20-/m0/s1. The highest BCUT2D eigenvalue weighted by Gasteiger charge is 2.17. The van der Waals surface area contributed by atoms with Gasteiger partial charge in [0.05, 0.1) is 12.7 Å². The van der Waals surface area contributed by atoms with Crippen LogP contribution in [0, 0.1) is 11.3 Å². The van der Waals surface area contributed by atoms with Gasteiger partial charge in [-0.2, -0.15) is 5.26 Å². The first-order valence-electron chi connectivity index (χ1n) is 9.47.